The van der Waals surface area contributed by atoms with Crippen LogP contribution in [0.2, 0.25) is 0 Å². The molecule has 2 aromatic rings. The third-order valence-corrected chi connectivity index (χ3v) is 3.53. The lowest BCUT2D eigenvalue weighted by Crippen LogP contribution is -1.96. The predicted molar refractivity (Wildman–Crippen MR) is 72.6 cm³/mol. The highest BCUT2D eigenvalue weighted by molar-refractivity contribution is 7.16. The van der Waals surface area contributed by atoms with Crippen LogP contribution in [0.5, 0.6) is 17.2 Å². The molecule has 0 saturated heterocycles. The van der Waals surface area contributed by atoms with E-state index in [0.717, 1.165) is 11.8 Å². The molecule has 0 fully saturated rings. The van der Waals surface area contributed by atoms with Crippen LogP contribution < -0.4 is 14.2 Å². The first-order valence-corrected chi connectivity index (χ1v) is 6.27. The van der Waals surface area contributed by atoms with E-state index >= 15 is 0 Å². The average molecular weight is 279 g/mol. The Morgan fingerprint density at radius 1 is 1.11 bits per heavy atom. The Hall–Kier alpha value is -2.08. The van der Waals surface area contributed by atoms with Crippen molar-refractivity contribution in [3.8, 4) is 27.8 Å². The molecule has 0 aliphatic heterocycles. The fraction of sp³-hybridized carbons (Fsp3) is 0.231. The number of carbonyl (C=O) groups excluding carboxylic acids is 1. The van der Waals surface area contributed by atoms with E-state index < -0.39 is 0 Å². The van der Waals surface area contributed by atoms with Crippen molar-refractivity contribution in [3.63, 3.8) is 0 Å². The number of methoxy groups -OCH3 is 3. The summed E-state index contributed by atoms with van der Waals surface area (Å²) in [6, 6.07) is 3.60. The van der Waals surface area contributed by atoms with E-state index in [9.17, 15) is 4.79 Å². The third-order valence-electron chi connectivity index (χ3n) is 2.57. The lowest BCUT2D eigenvalue weighted by atomic mass is 10.2. The monoisotopic (exact) mass is 279 g/mol. The second-order valence-corrected chi connectivity index (χ2v) is 4.63. The van der Waals surface area contributed by atoms with Crippen LogP contribution in [0, 0.1) is 0 Å². The fourth-order valence-corrected chi connectivity index (χ4v) is 2.49. The molecule has 0 radical (unpaired) electrons. The Morgan fingerprint density at radius 3 is 2.37 bits per heavy atom. The average Bonchev–Trinajstić information content (AvgIpc) is 2.94. The van der Waals surface area contributed by atoms with Crippen LogP contribution in [-0.2, 0) is 0 Å². The number of rotatable bonds is 5. The molecule has 0 aliphatic rings. The Labute approximate surface area is 114 Å². The van der Waals surface area contributed by atoms with Crippen molar-refractivity contribution in [2.24, 2.45) is 0 Å². The highest BCUT2D eigenvalue weighted by Gasteiger charge is 2.18. The van der Waals surface area contributed by atoms with E-state index in [1.54, 1.807) is 27.4 Å². The molecule has 0 aliphatic carbocycles. The summed E-state index contributed by atoms with van der Waals surface area (Å²) < 4.78 is 15.9. The van der Waals surface area contributed by atoms with E-state index in [0.29, 0.717) is 27.1 Å². The highest BCUT2D eigenvalue weighted by Crippen LogP contribution is 2.44. The topological polar surface area (TPSA) is 57.7 Å². The van der Waals surface area contributed by atoms with Crippen molar-refractivity contribution in [1.82, 2.24) is 4.98 Å². The summed E-state index contributed by atoms with van der Waals surface area (Å²) in [5, 5.41) is 0.694. The van der Waals surface area contributed by atoms with Crippen LogP contribution in [0.1, 0.15) is 9.67 Å². The van der Waals surface area contributed by atoms with E-state index in [1.165, 1.54) is 17.5 Å². The number of benzene rings is 1. The summed E-state index contributed by atoms with van der Waals surface area (Å²) in [5.41, 5.74) is 0.762. The molecule has 5 nitrogen and oxygen atoms in total. The van der Waals surface area contributed by atoms with Gasteiger partial charge in [0.15, 0.2) is 17.8 Å². The van der Waals surface area contributed by atoms with Gasteiger partial charge in [-0.05, 0) is 12.1 Å². The number of thiazole rings is 1. The molecule has 0 atom stereocenters. The standard InChI is InChI=1S/C13H13NO4S/c1-16-10-5-4-9(11(17-2)12(10)18-3)13-14-6-8(7-15)19-13/h4-7H,1-3H3. The van der Waals surface area contributed by atoms with Gasteiger partial charge in [0.1, 0.15) is 5.01 Å². The molecule has 0 saturated carbocycles. The van der Waals surface area contributed by atoms with Gasteiger partial charge in [-0.2, -0.15) is 0 Å². The Bertz CT molecular complexity index is 594. The van der Waals surface area contributed by atoms with Crippen molar-refractivity contribution >= 4 is 17.6 Å². The smallest absolute Gasteiger partial charge is 0.204 e. The molecule has 100 valence electrons. The molecule has 6 heteroatoms. The van der Waals surface area contributed by atoms with Gasteiger partial charge in [-0.15, -0.1) is 11.3 Å². The second-order valence-electron chi connectivity index (χ2n) is 3.57. The van der Waals surface area contributed by atoms with Gasteiger partial charge in [0.25, 0.3) is 0 Å². The maximum atomic E-state index is 10.7. The van der Waals surface area contributed by atoms with Gasteiger partial charge >= 0.3 is 0 Å². The summed E-state index contributed by atoms with van der Waals surface area (Å²) in [5.74, 6) is 1.62. The lowest BCUT2D eigenvalue weighted by molar-refractivity contribution is 0.112. The molecule has 0 N–H and O–H groups in total. The van der Waals surface area contributed by atoms with Gasteiger partial charge in [-0.1, -0.05) is 0 Å². The number of ether oxygens (including phenoxy) is 3. The maximum absolute atomic E-state index is 10.7. The van der Waals surface area contributed by atoms with Gasteiger partial charge in [-0.25, -0.2) is 4.98 Å². The highest BCUT2D eigenvalue weighted by atomic mass is 32.1. The molecule has 19 heavy (non-hydrogen) atoms. The maximum Gasteiger partial charge on any atom is 0.204 e. The van der Waals surface area contributed by atoms with Crippen LogP contribution in [0.4, 0.5) is 0 Å². The number of hydrogen-bond acceptors (Lipinski definition) is 6. The summed E-state index contributed by atoms with van der Waals surface area (Å²) in [6.45, 7) is 0. The molecule has 0 spiro atoms. The van der Waals surface area contributed by atoms with E-state index in [-0.39, 0.29) is 0 Å². The quantitative estimate of drug-likeness (QED) is 0.787. The fourth-order valence-electron chi connectivity index (χ4n) is 1.74. The minimum Gasteiger partial charge on any atom is -0.493 e. The first-order valence-electron chi connectivity index (χ1n) is 5.45. The zero-order valence-electron chi connectivity index (χ0n) is 10.8. The summed E-state index contributed by atoms with van der Waals surface area (Å²) in [6.07, 6.45) is 2.30. The van der Waals surface area contributed by atoms with E-state index in [1.807, 2.05) is 6.07 Å². The van der Waals surface area contributed by atoms with Crippen LogP contribution in [0.3, 0.4) is 0 Å². The van der Waals surface area contributed by atoms with Crippen LogP contribution in [-0.4, -0.2) is 32.6 Å². The molecule has 0 amide bonds. The normalized spacial score (nSPS) is 10.1. The van der Waals surface area contributed by atoms with Crippen molar-refractivity contribution in [2.45, 2.75) is 0 Å². The van der Waals surface area contributed by atoms with E-state index in [4.69, 9.17) is 14.2 Å². The van der Waals surface area contributed by atoms with Gasteiger partial charge < -0.3 is 14.2 Å². The molecule has 1 heterocycles. The first-order chi connectivity index (χ1) is 9.24. The molecular formula is C13H13NO4S. The van der Waals surface area contributed by atoms with Crippen LogP contribution in [0.15, 0.2) is 18.3 Å². The Morgan fingerprint density at radius 2 is 1.84 bits per heavy atom. The van der Waals surface area contributed by atoms with Crippen molar-refractivity contribution in [1.29, 1.82) is 0 Å². The number of aldehydes is 1. The van der Waals surface area contributed by atoms with Crippen LogP contribution >= 0.6 is 11.3 Å². The number of aromatic nitrogens is 1. The minimum absolute atomic E-state index is 0.505. The number of carbonyl (C=O) groups is 1. The van der Waals surface area contributed by atoms with Crippen LogP contribution in [0.25, 0.3) is 10.6 Å². The van der Waals surface area contributed by atoms with Gasteiger partial charge in [0.2, 0.25) is 5.75 Å². The van der Waals surface area contributed by atoms with Gasteiger partial charge in [0, 0.05) is 6.20 Å². The summed E-state index contributed by atoms with van der Waals surface area (Å²) in [4.78, 5) is 15.5. The largest absolute Gasteiger partial charge is 0.493 e. The van der Waals surface area contributed by atoms with Crippen molar-refractivity contribution in [3.05, 3.63) is 23.2 Å². The molecule has 1 aromatic heterocycles. The summed E-state index contributed by atoms with van der Waals surface area (Å²) >= 11 is 1.29. The zero-order chi connectivity index (χ0) is 13.8. The molecule has 0 bridgehead atoms. The van der Waals surface area contributed by atoms with Gasteiger partial charge in [0.05, 0.1) is 31.8 Å². The molecule has 0 unspecified atom stereocenters. The lowest BCUT2D eigenvalue weighted by Gasteiger charge is -2.14. The SMILES string of the molecule is COc1ccc(-c2ncc(C=O)s2)c(OC)c1OC. The minimum atomic E-state index is 0.505. The molecule has 1 aromatic carbocycles. The molecular weight excluding hydrogens is 266 g/mol. The summed E-state index contributed by atoms with van der Waals surface area (Å²) in [7, 11) is 4.66. The Kier molecular flexibility index (Phi) is 4.01. The number of hydrogen-bond donors (Lipinski definition) is 0. The Balaban J connectivity index is 2.59. The second kappa shape index (κ2) is 5.71. The third kappa shape index (κ3) is 2.39. The number of nitrogens with zero attached hydrogens (tertiary/aromatic N) is 1. The van der Waals surface area contributed by atoms with Crippen molar-refractivity contribution < 1.29 is 19.0 Å². The van der Waals surface area contributed by atoms with E-state index in [2.05, 4.69) is 4.98 Å². The predicted octanol–water partition coefficient (Wildman–Crippen LogP) is 2.65. The van der Waals surface area contributed by atoms with Crippen molar-refractivity contribution in [2.75, 3.05) is 21.3 Å². The van der Waals surface area contributed by atoms with Gasteiger partial charge in [-0.3, -0.25) is 4.79 Å². The molecule has 2 rings (SSSR count). The zero-order valence-corrected chi connectivity index (χ0v) is 11.6. The first kappa shape index (κ1) is 13.4.